The smallest absolute Gasteiger partial charge is 0.410 e. The van der Waals surface area contributed by atoms with E-state index in [0.717, 1.165) is 16.7 Å². The maximum atomic E-state index is 14.8. The number of likely N-dealkylation sites (N-methyl/N-ethyl adjacent to an activating group) is 6. The molecule has 0 aliphatic carbocycles. The number of nitrogens with zero attached hydrogens (tertiary/aromatic N) is 6. The maximum Gasteiger partial charge on any atom is 0.410 e. The minimum absolute atomic E-state index is 0.0731. The van der Waals surface area contributed by atoms with E-state index in [2.05, 4.69) is 26.6 Å². The van der Waals surface area contributed by atoms with E-state index in [-0.39, 0.29) is 62.3 Å². The van der Waals surface area contributed by atoms with Crippen LogP contribution in [0, 0.1) is 41.4 Å². The van der Waals surface area contributed by atoms with Crippen molar-refractivity contribution >= 4 is 71.1 Å². The summed E-state index contributed by atoms with van der Waals surface area (Å²) in [6.07, 6.45) is 0.893. The second-order valence-corrected chi connectivity index (χ2v) is 29.1. The van der Waals surface area contributed by atoms with Crippen LogP contribution in [0.4, 0.5) is 4.79 Å². The predicted molar refractivity (Wildman–Crippen MR) is 368 cm³/mol. The van der Waals surface area contributed by atoms with Gasteiger partial charge in [0.2, 0.25) is 59.1 Å². The van der Waals surface area contributed by atoms with Gasteiger partial charge in [-0.3, -0.25) is 52.8 Å². The second kappa shape index (κ2) is 40.7. The van der Waals surface area contributed by atoms with E-state index in [0.29, 0.717) is 6.42 Å². The first-order valence-electron chi connectivity index (χ1n) is 34.1. The fourth-order valence-corrected chi connectivity index (χ4v) is 11.3. The highest BCUT2D eigenvalue weighted by molar-refractivity contribution is 5.99. The van der Waals surface area contributed by atoms with Crippen molar-refractivity contribution in [1.82, 2.24) is 56.0 Å². The van der Waals surface area contributed by atoms with Gasteiger partial charge in [-0.2, -0.15) is 0 Å². The van der Waals surface area contributed by atoms with E-state index in [1.54, 1.807) is 74.5 Å². The molecule has 15 atom stereocenters. The Labute approximate surface area is 573 Å². The molecule has 96 heavy (non-hydrogen) atoms. The number of ether oxygens (including phenoxy) is 1. The van der Waals surface area contributed by atoms with Crippen LogP contribution in [0.25, 0.3) is 0 Å². The monoisotopic (exact) mass is 1360 g/mol. The second-order valence-electron chi connectivity index (χ2n) is 29.1. The van der Waals surface area contributed by atoms with E-state index < -0.39 is 173 Å². The molecule has 0 aliphatic rings. The van der Waals surface area contributed by atoms with Crippen molar-refractivity contribution in [2.45, 2.75) is 275 Å². The molecule has 0 aromatic carbocycles. The first-order chi connectivity index (χ1) is 44.1. The topological polar surface area (TPSA) is 354 Å². The van der Waals surface area contributed by atoms with Crippen molar-refractivity contribution < 1.29 is 77.6 Å². The van der Waals surface area contributed by atoms with Gasteiger partial charge in [-0.25, -0.2) is 9.59 Å². The number of carboxylic acids is 1. The Morgan fingerprint density at radius 1 is 0.469 bits per heavy atom. The number of hydrogen-bond acceptors (Lipinski definition) is 15. The van der Waals surface area contributed by atoms with Gasteiger partial charge in [-0.05, 0) is 136 Å². The van der Waals surface area contributed by atoms with Crippen molar-refractivity contribution in [2.24, 2.45) is 41.4 Å². The van der Waals surface area contributed by atoms with Crippen LogP contribution >= 0.6 is 0 Å². The summed E-state index contributed by atoms with van der Waals surface area (Å²) in [7, 11) is 6.88. The molecule has 552 valence electrons. The van der Waals surface area contributed by atoms with E-state index in [4.69, 9.17) is 4.74 Å². The van der Waals surface area contributed by atoms with Gasteiger partial charge < -0.3 is 71.1 Å². The van der Waals surface area contributed by atoms with Crippen LogP contribution in [-0.4, -0.2) is 242 Å². The SMILES string of the molecule is C/C=C/C[C@@H](C)[C@@H](O)[C@@H](C(=O)N[C@H](C(=O)O)[C@@H](C)O)N(C)C(=O)[C@H](C(C)C)N(C)C(=O)[C@H](CC(C)C)NC(=O)[C@H](CC(C)C)N(C)C(=O)[C@@H](C)NC(=O)[C@H](C)NC(=O)[C@H](CC(C)C)N(C)C(=O)[C@H](CC(C)C)NC(=O)[C@H](C(C)CC)N(CC)C(=O)[C@@H](C)N(C)C(=O)OC(C)(C)C. The van der Waals surface area contributed by atoms with Crippen molar-refractivity contribution in [2.75, 3.05) is 41.8 Å². The van der Waals surface area contributed by atoms with Gasteiger partial charge in [-0.1, -0.05) is 109 Å². The zero-order valence-electron chi connectivity index (χ0n) is 63.0. The summed E-state index contributed by atoms with van der Waals surface area (Å²) in [6.45, 7) is 37.6. The van der Waals surface area contributed by atoms with E-state index in [1.807, 2.05) is 69.2 Å². The molecule has 0 saturated carbocycles. The summed E-state index contributed by atoms with van der Waals surface area (Å²) in [5, 5.41) is 45.0. The van der Waals surface area contributed by atoms with Gasteiger partial charge in [0.15, 0.2) is 6.04 Å². The lowest BCUT2D eigenvalue weighted by Gasteiger charge is -2.40. The van der Waals surface area contributed by atoms with Crippen LogP contribution in [-0.2, 0) is 57.5 Å². The molecule has 0 aliphatic heterocycles. The number of amides is 11. The van der Waals surface area contributed by atoms with Gasteiger partial charge in [0.1, 0.15) is 66.0 Å². The Morgan fingerprint density at radius 2 is 0.885 bits per heavy atom. The van der Waals surface area contributed by atoms with Crippen LogP contribution in [0.3, 0.4) is 0 Å². The standard InChI is InChI=1S/C69H125N11O16/c1-28-31-32-43(15)56(82)55(61(87)74-52(47(19)81)67(93)94)79(27)66(92)53(41(12)13)78(26)65(91)49(34-38(6)7)72-59(85)51(36-40(10)11)76(24)62(88)45(17)71-57(83)44(16)70-58(84)50(35-39(8)9)77(25)64(90)48(33-37(4)5)73-60(86)54(42(14)29-2)80(30-3)63(89)46(18)75(23)68(95)96-69(20,21)22/h28,31,37-56,81-82H,29-30,32-36H2,1-27H3,(H,70,84)(H,71,83)(H,72,85)(H,73,86)(H,74,87)(H,93,94)/b31-28+/t42?,43-,44+,45-,46-,47-,48+,49+,50+,51+,52+,53+,54+,55+,56-/m1/s1. The highest BCUT2D eigenvalue weighted by atomic mass is 16.6. The predicted octanol–water partition coefficient (Wildman–Crippen LogP) is 4.55. The number of nitrogens with one attached hydrogen (secondary N) is 5. The molecule has 0 heterocycles. The number of allylic oxidation sites excluding steroid dienone is 2. The minimum Gasteiger partial charge on any atom is -0.480 e. The fraction of sp³-hybridized carbons (Fsp3) is 0.797. The lowest BCUT2D eigenvalue weighted by Crippen LogP contribution is -2.63. The molecule has 0 fully saturated rings. The molecular formula is C69H125N11O16. The third-order valence-electron chi connectivity index (χ3n) is 17.2. The van der Waals surface area contributed by atoms with Crippen LogP contribution in [0.15, 0.2) is 12.2 Å². The van der Waals surface area contributed by atoms with Crippen LogP contribution in [0.5, 0.6) is 0 Å². The molecule has 0 spiro atoms. The molecule has 0 radical (unpaired) electrons. The highest BCUT2D eigenvalue weighted by Gasteiger charge is 2.45. The number of aliphatic carboxylic acids is 1. The quantitative estimate of drug-likeness (QED) is 0.0392. The van der Waals surface area contributed by atoms with E-state index in [9.17, 15) is 72.9 Å². The molecule has 8 N–H and O–H groups in total. The summed E-state index contributed by atoms with van der Waals surface area (Å²) >= 11 is 0. The number of aliphatic hydroxyl groups is 2. The molecule has 0 bridgehead atoms. The van der Waals surface area contributed by atoms with E-state index in [1.165, 1.54) is 68.7 Å². The Bertz CT molecular complexity index is 2630. The number of hydrogen-bond donors (Lipinski definition) is 8. The molecule has 0 aromatic rings. The fourth-order valence-electron chi connectivity index (χ4n) is 11.3. The van der Waals surface area contributed by atoms with Crippen LogP contribution in [0.2, 0.25) is 0 Å². The number of aliphatic hydroxyl groups excluding tert-OH is 2. The average Bonchev–Trinajstić information content (AvgIpc) is 0.817. The first-order valence-corrected chi connectivity index (χ1v) is 34.1. The Balaban J connectivity index is 6.96. The molecule has 1 unspecified atom stereocenters. The van der Waals surface area contributed by atoms with Crippen molar-refractivity contribution in [3.63, 3.8) is 0 Å². The lowest BCUT2D eigenvalue weighted by atomic mass is 9.91. The van der Waals surface area contributed by atoms with Gasteiger partial charge in [0.25, 0.3) is 0 Å². The summed E-state index contributed by atoms with van der Waals surface area (Å²) in [5.41, 5.74) is -0.828. The third-order valence-corrected chi connectivity index (χ3v) is 17.2. The maximum absolute atomic E-state index is 14.8. The van der Waals surface area contributed by atoms with Crippen LogP contribution < -0.4 is 26.6 Å². The van der Waals surface area contributed by atoms with Crippen molar-refractivity contribution in [3.05, 3.63) is 12.2 Å². The van der Waals surface area contributed by atoms with Crippen molar-refractivity contribution in [1.29, 1.82) is 0 Å². The number of carboxylic acid groups (broad SMARTS) is 1. The molecule has 0 saturated heterocycles. The summed E-state index contributed by atoms with van der Waals surface area (Å²) in [6, 6.07) is -14.2. The summed E-state index contributed by atoms with van der Waals surface area (Å²) in [5.74, 6) is -11.1. The molecule has 0 rings (SSSR count). The zero-order chi connectivity index (χ0) is 75.0. The van der Waals surface area contributed by atoms with Crippen molar-refractivity contribution in [3.8, 4) is 0 Å². The van der Waals surface area contributed by atoms with E-state index >= 15 is 0 Å². The Hall–Kier alpha value is -6.90. The lowest BCUT2D eigenvalue weighted by molar-refractivity contribution is -0.155. The molecule has 0 aromatic heterocycles. The average molecular weight is 1360 g/mol. The largest absolute Gasteiger partial charge is 0.480 e. The summed E-state index contributed by atoms with van der Waals surface area (Å²) < 4.78 is 5.50. The normalized spacial score (nSPS) is 16.6. The van der Waals surface area contributed by atoms with Gasteiger partial charge in [-0.15, -0.1) is 0 Å². The van der Waals surface area contributed by atoms with Gasteiger partial charge >= 0.3 is 12.1 Å². The summed E-state index contributed by atoms with van der Waals surface area (Å²) in [4.78, 5) is 177. The number of carbonyl (C=O) groups excluding carboxylic acids is 11. The zero-order valence-corrected chi connectivity index (χ0v) is 63.0. The molecule has 27 nitrogen and oxygen atoms in total. The number of carbonyl (C=O) groups is 12. The molecule has 27 heteroatoms. The van der Waals surface area contributed by atoms with Gasteiger partial charge in [0.05, 0.1) is 12.2 Å². The molecular weight excluding hydrogens is 1240 g/mol. The van der Waals surface area contributed by atoms with Gasteiger partial charge in [0, 0.05) is 41.8 Å². The minimum atomic E-state index is -1.79. The third kappa shape index (κ3) is 27.2. The highest BCUT2D eigenvalue weighted by Crippen LogP contribution is 2.25. The Morgan fingerprint density at radius 3 is 1.29 bits per heavy atom. The van der Waals surface area contributed by atoms with Crippen LogP contribution in [0.1, 0.15) is 191 Å². The number of rotatable bonds is 39. The molecule has 11 amide bonds. The first kappa shape index (κ1) is 89.1. The Kier molecular flexibility index (Phi) is 37.8.